The van der Waals surface area contributed by atoms with E-state index in [4.69, 9.17) is 28.4 Å². The van der Waals surface area contributed by atoms with E-state index in [-0.39, 0.29) is 19.1 Å². The summed E-state index contributed by atoms with van der Waals surface area (Å²) in [5.74, 6) is -2.96. The molecular formula is C23H38N2O7. The van der Waals surface area contributed by atoms with E-state index in [1.807, 2.05) is 27.7 Å². The van der Waals surface area contributed by atoms with Crippen molar-refractivity contribution in [3.8, 4) is 0 Å². The van der Waals surface area contributed by atoms with E-state index in [2.05, 4.69) is 12.0 Å². The fourth-order valence-electron chi connectivity index (χ4n) is 5.11. The molecule has 32 heavy (non-hydrogen) atoms. The third-order valence-corrected chi connectivity index (χ3v) is 6.46. The van der Waals surface area contributed by atoms with Crippen molar-refractivity contribution in [3.63, 3.8) is 0 Å². The number of hydrogen-bond acceptors (Lipinski definition) is 8. The minimum atomic E-state index is -1.47. The molecule has 9 heteroatoms. The number of carbonyl (C=O) groups is 1. The number of fused-ring (bicyclic) bond motifs is 3. The first-order valence-electron chi connectivity index (χ1n) is 12.0. The lowest BCUT2D eigenvalue weighted by Crippen LogP contribution is -2.76. The summed E-state index contributed by atoms with van der Waals surface area (Å²) in [5.41, 5.74) is -1.47. The molecule has 4 aliphatic rings. The number of nitrogens with zero attached hydrogens (tertiary/aromatic N) is 2. The highest BCUT2D eigenvalue weighted by Crippen LogP contribution is 2.54. The summed E-state index contributed by atoms with van der Waals surface area (Å²) in [7, 11) is 0. The molecule has 182 valence electrons. The first-order chi connectivity index (χ1) is 15.0. The van der Waals surface area contributed by atoms with Crippen LogP contribution in [-0.2, 0) is 33.2 Å². The number of hydrogen-bond donors (Lipinski definition) is 0. The summed E-state index contributed by atoms with van der Waals surface area (Å²) in [6.07, 6.45) is 6.42. The average Bonchev–Trinajstić information content (AvgIpc) is 3.34. The van der Waals surface area contributed by atoms with E-state index < -0.39 is 35.3 Å². The molecule has 0 radical (unpaired) electrons. The fraction of sp³-hybridized carbons (Fsp3) is 0.913. The van der Waals surface area contributed by atoms with E-state index in [1.165, 1.54) is 37.6 Å². The summed E-state index contributed by atoms with van der Waals surface area (Å²) in [6, 6.07) is 0. The zero-order valence-corrected chi connectivity index (χ0v) is 20.3. The number of rotatable bonds is 7. The van der Waals surface area contributed by atoms with Crippen LogP contribution in [0.2, 0.25) is 0 Å². The van der Waals surface area contributed by atoms with Gasteiger partial charge in [0, 0.05) is 13.3 Å². The van der Waals surface area contributed by atoms with Crippen LogP contribution in [0.25, 0.3) is 0 Å². The molecule has 0 unspecified atom stereocenters. The van der Waals surface area contributed by atoms with Crippen LogP contribution in [0.3, 0.4) is 0 Å². The third-order valence-electron chi connectivity index (χ3n) is 6.46. The van der Waals surface area contributed by atoms with Gasteiger partial charge in [0.2, 0.25) is 11.8 Å². The van der Waals surface area contributed by atoms with Crippen LogP contribution in [-0.4, -0.2) is 65.3 Å². The second-order valence-corrected chi connectivity index (χ2v) is 10.1. The zero-order chi connectivity index (χ0) is 23.2. The molecule has 0 N–H and O–H groups in total. The van der Waals surface area contributed by atoms with Crippen molar-refractivity contribution in [2.45, 2.75) is 122 Å². The normalized spacial score (nSPS) is 37.1. The van der Waals surface area contributed by atoms with Gasteiger partial charge in [-0.15, -0.1) is 5.10 Å². The smallest absolute Gasteiger partial charge is 0.291 e. The summed E-state index contributed by atoms with van der Waals surface area (Å²) >= 11 is 0. The minimum Gasteiger partial charge on any atom is -0.442 e. The summed E-state index contributed by atoms with van der Waals surface area (Å²) in [6.45, 7) is 11.3. The maximum absolute atomic E-state index is 12.9. The van der Waals surface area contributed by atoms with E-state index in [0.717, 1.165) is 12.8 Å². The highest BCUT2D eigenvalue weighted by Gasteiger charge is 2.78. The molecule has 3 saturated heterocycles. The zero-order valence-electron chi connectivity index (χ0n) is 20.3. The molecule has 4 atom stereocenters. The minimum absolute atomic E-state index is 0.0800. The van der Waals surface area contributed by atoms with Crippen molar-refractivity contribution >= 4 is 11.8 Å². The Morgan fingerprint density at radius 1 is 1.03 bits per heavy atom. The monoisotopic (exact) mass is 454 g/mol. The number of hydrazone groups is 1. The molecule has 0 bridgehead atoms. The molecule has 0 aromatic heterocycles. The van der Waals surface area contributed by atoms with Gasteiger partial charge in [-0.3, -0.25) is 4.79 Å². The first-order valence-corrected chi connectivity index (χ1v) is 12.0. The summed E-state index contributed by atoms with van der Waals surface area (Å²) in [4.78, 5) is 12.9. The van der Waals surface area contributed by atoms with Gasteiger partial charge in [-0.25, -0.2) is 0 Å². The van der Waals surface area contributed by atoms with Crippen LogP contribution in [0, 0.1) is 0 Å². The lowest BCUT2D eigenvalue weighted by molar-refractivity contribution is -0.386. The van der Waals surface area contributed by atoms with Crippen molar-refractivity contribution in [1.29, 1.82) is 0 Å². The molecule has 0 aliphatic carbocycles. The van der Waals surface area contributed by atoms with Gasteiger partial charge in [0.05, 0.1) is 6.61 Å². The van der Waals surface area contributed by atoms with Crippen LogP contribution in [0.15, 0.2) is 5.10 Å². The highest BCUT2D eigenvalue weighted by molar-refractivity contribution is 5.83. The van der Waals surface area contributed by atoms with Crippen molar-refractivity contribution in [2.75, 3.05) is 13.2 Å². The van der Waals surface area contributed by atoms with E-state index in [0.29, 0.717) is 12.3 Å². The Morgan fingerprint density at radius 3 is 2.41 bits per heavy atom. The predicted octanol–water partition coefficient (Wildman–Crippen LogP) is 3.66. The quantitative estimate of drug-likeness (QED) is 0.543. The molecule has 9 nitrogen and oxygen atoms in total. The van der Waals surface area contributed by atoms with Gasteiger partial charge in [0.15, 0.2) is 17.7 Å². The Hall–Kier alpha value is -1.26. The molecule has 4 aliphatic heterocycles. The first kappa shape index (κ1) is 23.9. The van der Waals surface area contributed by atoms with Gasteiger partial charge in [0.1, 0.15) is 12.7 Å². The third kappa shape index (κ3) is 4.07. The van der Waals surface area contributed by atoms with Gasteiger partial charge >= 0.3 is 0 Å². The second kappa shape index (κ2) is 8.51. The molecule has 0 saturated carbocycles. The van der Waals surface area contributed by atoms with Crippen LogP contribution in [0.1, 0.15) is 86.5 Å². The van der Waals surface area contributed by atoms with E-state index >= 15 is 0 Å². The van der Waals surface area contributed by atoms with Gasteiger partial charge in [-0.2, -0.15) is 5.01 Å². The second-order valence-electron chi connectivity index (χ2n) is 10.1. The van der Waals surface area contributed by atoms with Crippen molar-refractivity contribution in [2.24, 2.45) is 5.10 Å². The van der Waals surface area contributed by atoms with Crippen molar-refractivity contribution in [3.05, 3.63) is 0 Å². The number of carbonyl (C=O) groups excluding carboxylic acids is 1. The maximum Gasteiger partial charge on any atom is 0.291 e. The topological polar surface area (TPSA) is 88.1 Å². The fourth-order valence-corrected chi connectivity index (χ4v) is 5.11. The van der Waals surface area contributed by atoms with Crippen LogP contribution in [0.5, 0.6) is 0 Å². The standard InChI is InChI=1S/C23H38N2O7/c1-7-8-9-10-11-12-13-18-24-25(16(2)26)23(30-18)19-17(29-21(5,6)31-19)14-27-22(23)15-28-20(3,4)32-22/h17,19H,7-15H2,1-6H3/t17-,19-,22+,23+/m1/s1. The van der Waals surface area contributed by atoms with Crippen molar-refractivity contribution in [1.82, 2.24) is 5.01 Å². The molecule has 4 rings (SSSR count). The molecular weight excluding hydrogens is 416 g/mol. The molecule has 1 amide bonds. The summed E-state index contributed by atoms with van der Waals surface area (Å²) < 4.78 is 37.4. The van der Waals surface area contributed by atoms with Gasteiger partial charge in [0.25, 0.3) is 11.5 Å². The Bertz CT molecular complexity index is 753. The molecule has 0 aromatic rings. The highest BCUT2D eigenvalue weighted by atomic mass is 16.9. The molecule has 0 aromatic carbocycles. The number of ether oxygens (including phenoxy) is 6. The van der Waals surface area contributed by atoms with Gasteiger partial charge < -0.3 is 28.4 Å². The van der Waals surface area contributed by atoms with Gasteiger partial charge in [-0.05, 0) is 34.1 Å². The Morgan fingerprint density at radius 2 is 1.75 bits per heavy atom. The SMILES string of the molecule is CCCCCCCCC1=NN(C(C)=O)[C@]2(O1)[C@@H]1OC(C)(C)O[C@@H]1CO[C@]21COC(C)(C)O1. The Kier molecular flexibility index (Phi) is 6.35. The number of amides is 1. The van der Waals surface area contributed by atoms with Crippen LogP contribution >= 0.6 is 0 Å². The average molecular weight is 455 g/mol. The Balaban J connectivity index is 1.62. The largest absolute Gasteiger partial charge is 0.442 e. The Labute approximate surface area is 190 Å². The molecule has 2 spiro atoms. The van der Waals surface area contributed by atoms with E-state index in [9.17, 15) is 4.79 Å². The van der Waals surface area contributed by atoms with E-state index in [1.54, 1.807) is 0 Å². The lowest BCUT2D eigenvalue weighted by Gasteiger charge is -2.52. The van der Waals surface area contributed by atoms with Gasteiger partial charge in [-0.1, -0.05) is 39.0 Å². The lowest BCUT2D eigenvalue weighted by atomic mass is 9.88. The maximum atomic E-state index is 12.9. The summed E-state index contributed by atoms with van der Waals surface area (Å²) in [5, 5.41) is 5.94. The molecule has 4 heterocycles. The molecule has 3 fully saturated rings. The van der Waals surface area contributed by atoms with Crippen LogP contribution in [0.4, 0.5) is 0 Å². The van der Waals surface area contributed by atoms with Crippen molar-refractivity contribution < 1.29 is 33.2 Å². The predicted molar refractivity (Wildman–Crippen MR) is 115 cm³/mol. The van der Waals surface area contributed by atoms with Crippen LogP contribution < -0.4 is 0 Å². The number of unbranched alkanes of at least 4 members (excludes halogenated alkanes) is 5.